The first-order valence-electron chi connectivity index (χ1n) is 23.5. The minimum atomic E-state index is -0.583. The maximum absolute atomic E-state index is 9.11. The molecule has 7 rings (SSSR count). The van der Waals surface area contributed by atoms with E-state index in [1.807, 2.05) is 0 Å². The van der Waals surface area contributed by atoms with Crippen molar-refractivity contribution >= 4 is 23.2 Å². The fraction of sp³-hybridized carbons (Fsp3) is 0.226. The number of nitrogens with one attached hydrogen (secondary N) is 2. The zero-order valence-corrected chi connectivity index (χ0v) is 42.2. The van der Waals surface area contributed by atoms with Crippen LogP contribution in [0.2, 0.25) is 0 Å². The van der Waals surface area contributed by atoms with Gasteiger partial charge >= 0.3 is 0 Å². The quantitative estimate of drug-likeness (QED) is 0.0417. The van der Waals surface area contributed by atoms with Crippen molar-refractivity contribution in [1.82, 2.24) is 0 Å². The third-order valence-corrected chi connectivity index (χ3v) is 10.9. The van der Waals surface area contributed by atoms with E-state index in [1.165, 1.54) is 114 Å². The topological polar surface area (TPSA) is 94.1 Å². The minimum Gasteiger partial charge on any atom is -0.668 e. The monoisotopic (exact) mass is 991 g/mol. The summed E-state index contributed by atoms with van der Waals surface area (Å²) in [6, 6.07) is 63.3. The van der Waals surface area contributed by atoms with Crippen LogP contribution in [0.4, 0.5) is 5.69 Å². The standard InChI is InChI=1S/C56H54N.2C2H5NO.C2H5.Pd/c1-4-6-7-8-9-15-36-49-40-50(41-53(46-30-20-12-21-31-46)55(49)47-32-22-13-23-33-47)57-54(5-2)42(3)37-43-38-51(44-26-16-10-17-27-44)56(48-34-24-14-25-35-48)52(39-43)45-28-18-11-19-29-45;2*1-2(3)4;1-2;/h10-14,16-35,38-41H,4-9,15,36H2,1-3H3;2*1H3,(H2,3,4);1H2,2H3;/q-1;;;-1;/p-2. The van der Waals surface area contributed by atoms with Gasteiger partial charge in [-0.1, -0.05) is 216 Å². The molecule has 7 aromatic rings. The Bertz CT molecular complexity index is 2550. The van der Waals surface area contributed by atoms with Crippen LogP contribution in [0.3, 0.4) is 0 Å². The molecule has 0 spiro atoms. The molecule has 0 aromatic heterocycles. The van der Waals surface area contributed by atoms with Crippen LogP contribution >= 0.6 is 0 Å². The second-order valence-electron chi connectivity index (χ2n) is 16.1. The molecule has 2 N–H and O–H groups in total. The summed E-state index contributed by atoms with van der Waals surface area (Å²) in [5.41, 5.74) is 29.6. The SMILES string of the molecule is CC([NH-])=O.CC([NH-])=O.CCCCCCCCc1cc(N=C(CC)C(C)=[C-]c2cc(-c3ccccc3)c(-c3ccccc3)c(-c3ccccc3)c2)cc(-c2ccccc2)c1-c1ccccc1.[CH2-]C.[Pd]. The first-order chi connectivity index (χ1) is 32.6. The molecule has 0 radical (unpaired) electrons. The number of carbonyl (C=O) groups excluding carboxylic acids is 2. The molecule has 2 amide bonds. The molecule has 0 aliphatic carbocycles. The van der Waals surface area contributed by atoms with Crippen LogP contribution in [0, 0.1) is 13.0 Å². The summed E-state index contributed by atoms with van der Waals surface area (Å²) in [7, 11) is 0. The van der Waals surface area contributed by atoms with E-state index in [9.17, 15) is 0 Å². The van der Waals surface area contributed by atoms with E-state index in [1.54, 1.807) is 6.92 Å². The van der Waals surface area contributed by atoms with Gasteiger partial charge in [0.15, 0.2) is 0 Å². The van der Waals surface area contributed by atoms with Crippen LogP contribution in [0.5, 0.6) is 0 Å². The average molecular weight is 993 g/mol. The summed E-state index contributed by atoms with van der Waals surface area (Å²) in [6.45, 7) is 14.1. The number of hydrogen-bond donors (Lipinski definition) is 0. The number of allylic oxidation sites excluding steroid dienone is 1. The predicted octanol–water partition coefficient (Wildman–Crippen LogP) is 18.2. The Balaban J connectivity index is 0.00000102. The molecular weight excluding hydrogens is 925 g/mol. The molecule has 6 heteroatoms. The van der Waals surface area contributed by atoms with Crippen molar-refractivity contribution in [1.29, 1.82) is 0 Å². The van der Waals surface area contributed by atoms with Crippen LogP contribution in [0.15, 0.2) is 186 Å². The molecular formula is C62H67N3O2Pd-4. The van der Waals surface area contributed by atoms with Gasteiger partial charge in [-0.2, -0.15) is 6.92 Å². The number of benzene rings is 7. The van der Waals surface area contributed by atoms with Crippen LogP contribution in [0.1, 0.15) is 97.6 Å². The number of carbonyl (C=O) groups is 2. The van der Waals surface area contributed by atoms with Crippen LogP contribution in [0.25, 0.3) is 67.1 Å². The van der Waals surface area contributed by atoms with E-state index >= 15 is 0 Å². The van der Waals surface area contributed by atoms with Gasteiger partial charge in [-0.05, 0) is 101 Å². The number of rotatable bonds is 16. The third-order valence-electron chi connectivity index (χ3n) is 10.9. The van der Waals surface area contributed by atoms with E-state index < -0.39 is 11.8 Å². The molecule has 0 aliphatic rings. The largest absolute Gasteiger partial charge is 0.668 e. The molecule has 0 heterocycles. The van der Waals surface area contributed by atoms with Gasteiger partial charge in [-0.15, -0.1) is 29.3 Å². The van der Waals surface area contributed by atoms with Crippen LogP contribution in [-0.4, -0.2) is 17.5 Å². The summed E-state index contributed by atoms with van der Waals surface area (Å²) < 4.78 is 0. The smallest absolute Gasteiger partial charge is 0.0529 e. The number of aliphatic imine (C=N–C) groups is 1. The number of hydrogen-bond acceptors (Lipinski definition) is 3. The maximum Gasteiger partial charge on any atom is 0.0529 e. The Hall–Kier alpha value is -6.45. The van der Waals surface area contributed by atoms with E-state index in [2.05, 4.69) is 210 Å². The summed E-state index contributed by atoms with van der Waals surface area (Å²) in [4.78, 5) is 23.7. The molecule has 0 atom stereocenters. The summed E-state index contributed by atoms with van der Waals surface area (Å²) in [5.74, 6) is -1.17. The normalized spacial score (nSPS) is 10.8. The fourth-order valence-electron chi connectivity index (χ4n) is 8.03. The van der Waals surface area contributed by atoms with Crippen molar-refractivity contribution < 1.29 is 30.0 Å². The second-order valence-corrected chi connectivity index (χ2v) is 16.1. The number of aryl methyl sites for hydroxylation is 1. The Morgan fingerprint density at radius 3 is 1.25 bits per heavy atom. The molecule has 0 aliphatic heterocycles. The van der Waals surface area contributed by atoms with Gasteiger partial charge in [0.1, 0.15) is 0 Å². The van der Waals surface area contributed by atoms with Crippen molar-refractivity contribution in [3.63, 3.8) is 0 Å². The number of amides is 2. The first kappa shape index (κ1) is 55.9. The van der Waals surface area contributed by atoms with E-state index in [0.717, 1.165) is 35.4 Å². The number of unbranched alkanes of at least 4 members (excludes halogenated alkanes) is 5. The van der Waals surface area contributed by atoms with Gasteiger partial charge in [0, 0.05) is 32.2 Å². The van der Waals surface area contributed by atoms with Crippen molar-refractivity contribution in [3.05, 3.63) is 217 Å². The van der Waals surface area contributed by atoms with Crippen molar-refractivity contribution in [3.8, 4) is 55.6 Å². The van der Waals surface area contributed by atoms with Crippen molar-refractivity contribution in [2.45, 2.75) is 92.9 Å². The van der Waals surface area contributed by atoms with Crippen molar-refractivity contribution in [2.24, 2.45) is 4.99 Å². The second kappa shape index (κ2) is 30.8. The maximum atomic E-state index is 9.11. The predicted molar refractivity (Wildman–Crippen MR) is 287 cm³/mol. The summed E-state index contributed by atoms with van der Waals surface area (Å²) >= 11 is 0. The Labute approximate surface area is 421 Å². The van der Waals surface area contributed by atoms with Gasteiger partial charge in [0.05, 0.1) is 5.69 Å². The average Bonchev–Trinajstić information content (AvgIpc) is 3.35. The van der Waals surface area contributed by atoms with E-state index in [0.29, 0.717) is 0 Å². The minimum absolute atomic E-state index is 0. The molecule has 356 valence electrons. The van der Waals surface area contributed by atoms with Crippen molar-refractivity contribution in [2.75, 3.05) is 0 Å². The number of nitrogens with zero attached hydrogens (tertiary/aromatic N) is 1. The Morgan fingerprint density at radius 1 is 0.500 bits per heavy atom. The summed E-state index contributed by atoms with van der Waals surface area (Å²) in [6.07, 6.45) is 13.3. The van der Waals surface area contributed by atoms with Gasteiger partial charge in [-0.25, -0.2) is 0 Å². The molecule has 7 aromatic carbocycles. The van der Waals surface area contributed by atoms with Crippen LogP contribution in [-0.2, 0) is 36.4 Å². The molecule has 5 nitrogen and oxygen atoms in total. The Morgan fingerprint density at radius 2 is 0.853 bits per heavy atom. The third kappa shape index (κ3) is 17.7. The molecule has 0 unspecified atom stereocenters. The fourth-order valence-corrected chi connectivity index (χ4v) is 8.03. The zero-order chi connectivity index (χ0) is 48.4. The summed E-state index contributed by atoms with van der Waals surface area (Å²) in [5, 5.41) is 0. The first-order valence-corrected chi connectivity index (χ1v) is 23.5. The van der Waals surface area contributed by atoms with Gasteiger partial charge < -0.3 is 33.0 Å². The van der Waals surface area contributed by atoms with Gasteiger partial charge in [-0.3, -0.25) is 0 Å². The molecule has 0 bridgehead atoms. The molecule has 0 saturated carbocycles. The van der Waals surface area contributed by atoms with Gasteiger partial charge in [0.25, 0.3) is 0 Å². The van der Waals surface area contributed by atoms with Crippen LogP contribution < -0.4 is 0 Å². The van der Waals surface area contributed by atoms with E-state index in [4.69, 9.17) is 26.0 Å². The zero-order valence-electron chi connectivity index (χ0n) is 40.7. The van der Waals surface area contributed by atoms with E-state index in [-0.39, 0.29) is 20.4 Å². The molecule has 0 fully saturated rings. The molecule has 68 heavy (non-hydrogen) atoms. The van der Waals surface area contributed by atoms with Gasteiger partial charge in [0.2, 0.25) is 0 Å². The Kier molecular flexibility index (Phi) is 25.3. The molecule has 0 saturated heterocycles.